The number of benzene rings is 8. The van der Waals surface area contributed by atoms with Gasteiger partial charge in [0, 0.05) is 22.1 Å². The SMILES string of the molecule is c1ccc(C(=C(c2ccccc2)c2ccc(-c3ccc(N(c4ccccc4)c4cccc5c4oc4ccccc45)cc3)cc2)c2ccccc2)cc1. The van der Waals surface area contributed by atoms with Gasteiger partial charge in [0.25, 0.3) is 0 Å². The van der Waals surface area contributed by atoms with Gasteiger partial charge in [-0.2, -0.15) is 0 Å². The summed E-state index contributed by atoms with van der Waals surface area (Å²) in [5.41, 5.74) is 14.4. The molecule has 0 aliphatic rings. The van der Waals surface area contributed by atoms with E-state index in [1.165, 1.54) is 33.4 Å². The molecule has 246 valence electrons. The molecular weight excluding hydrogens is 631 g/mol. The molecule has 2 heteroatoms. The van der Waals surface area contributed by atoms with Gasteiger partial charge in [0.15, 0.2) is 5.58 Å². The van der Waals surface area contributed by atoms with Crippen LogP contribution in [0.2, 0.25) is 0 Å². The first-order chi connectivity index (χ1) is 25.8. The van der Waals surface area contributed by atoms with Gasteiger partial charge in [-0.1, -0.05) is 176 Å². The molecule has 0 saturated carbocycles. The molecule has 8 aromatic carbocycles. The van der Waals surface area contributed by atoms with Gasteiger partial charge in [-0.15, -0.1) is 0 Å². The molecule has 0 fully saturated rings. The molecule has 0 unspecified atom stereocenters. The van der Waals surface area contributed by atoms with Crippen molar-refractivity contribution in [2.45, 2.75) is 0 Å². The summed E-state index contributed by atoms with van der Waals surface area (Å²) in [4.78, 5) is 2.28. The maximum absolute atomic E-state index is 6.49. The van der Waals surface area contributed by atoms with Gasteiger partial charge < -0.3 is 9.32 Å². The van der Waals surface area contributed by atoms with Gasteiger partial charge in [-0.3, -0.25) is 0 Å². The fourth-order valence-corrected chi connectivity index (χ4v) is 7.27. The lowest BCUT2D eigenvalue weighted by molar-refractivity contribution is 0.669. The molecule has 0 atom stereocenters. The van der Waals surface area contributed by atoms with Gasteiger partial charge in [-0.05, 0) is 80.9 Å². The first-order valence-corrected chi connectivity index (χ1v) is 17.7. The second-order valence-electron chi connectivity index (χ2n) is 12.9. The number of nitrogens with zero attached hydrogens (tertiary/aromatic N) is 1. The Labute approximate surface area is 304 Å². The van der Waals surface area contributed by atoms with Crippen molar-refractivity contribution < 1.29 is 4.42 Å². The fraction of sp³-hybridized carbons (Fsp3) is 0. The minimum atomic E-state index is 0.875. The van der Waals surface area contributed by atoms with E-state index in [1.807, 2.05) is 12.1 Å². The lowest BCUT2D eigenvalue weighted by atomic mass is 9.85. The number of rotatable bonds is 8. The number of para-hydroxylation sites is 3. The Morgan fingerprint density at radius 2 is 0.750 bits per heavy atom. The van der Waals surface area contributed by atoms with Gasteiger partial charge in [-0.25, -0.2) is 0 Å². The van der Waals surface area contributed by atoms with Crippen LogP contribution in [0, 0.1) is 0 Å². The molecule has 0 aliphatic heterocycles. The van der Waals surface area contributed by atoms with Crippen LogP contribution in [0.25, 0.3) is 44.2 Å². The molecule has 0 spiro atoms. The highest BCUT2D eigenvalue weighted by Gasteiger charge is 2.20. The molecule has 0 aliphatic carbocycles. The summed E-state index contributed by atoms with van der Waals surface area (Å²) in [6.45, 7) is 0. The van der Waals surface area contributed by atoms with Crippen LogP contribution in [0.5, 0.6) is 0 Å². The van der Waals surface area contributed by atoms with Crippen molar-refractivity contribution in [3.8, 4) is 11.1 Å². The summed E-state index contributed by atoms with van der Waals surface area (Å²) in [5, 5.41) is 2.23. The molecule has 1 aromatic heterocycles. The lowest BCUT2D eigenvalue weighted by Crippen LogP contribution is -2.10. The smallest absolute Gasteiger partial charge is 0.159 e. The molecule has 0 bridgehead atoms. The van der Waals surface area contributed by atoms with Crippen LogP contribution in [-0.2, 0) is 0 Å². The van der Waals surface area contributed by atoms with Gasteiger partial charge in [0.1, 0.15) is 5.58 Å². The molecule has 9 rings (SSSR count). The zero-order chi connectivity index (χ0) is 34.7. The van der Waals surface area contributed by atoms with Crippen LogP contribution in [0.3, 0.4) is 0 Å². The van der Waals surface area contributed by atoms with E-state index in [9.17, 15) is 0 Å². The minimum absolute atomic E-state index is 0.875. The summed E-state index contributed by atoms with van der Waals surface area (Å²) in [6.07, 6.45) is 0. The Kier molecular flexibility index (Phi) is 8.24. The normalized spacial score (nSPS) is 11.1. The highest BCUT2D eigenvalue weighted by Crippen LogP contribution is 2.43. The van der Waals surface area contributed by atoms with E-state index in [-0.39, 0.29) is 0 Å². The van der Waals surface area contributed by atoms with E-state index < -0.39 is 0 Å². The van der Waals surface area contributed by atoms with E-state index in [4.69, 9.17) is 4.42 Å². The topological polar surface area (TPSA) is 16.4 Å². The summed E-state index contributed by atoms with van der Waals surface area (Å²) in [7, 11) is 0. The summed E-state index contributed by atoms with van der Waals surface area (Å²) in [5.74, 6) is 0. The van der Waals surface area contributed by atoms with Crippen LogP contribution in [-0.4, -0.2) is 0 Å². The average Bonchev–Trinajstić information content (AvgIpc) is 3.61. The number of furan rings is 1. The first kappa shape index (κ1) is 31.1. The number of anilines is 3. The van der Waals surface area contributed by atoms with Crippen molar-refractivity contribution in [1.82, 2.24) is 0 Å². The largest absolute Gasteiger partial charge is 0.454 e. The van der Waals surface area contributed by atoms with Gasteiger partial charge in [0.2, 0.25) is 0 Å². The van der Waals surface area contributed by atoms with Crippen molar-refractivity contribution in [2.75, 3.05) is 4.90 Å². The predicted molar refractivity (Wildman–Crippen MR) is 218 cm³/mol. The van der Waals surface area contributed by atoms with E-state index in [1.54, 1.807) is 0 Å². The quantitative estimate of drug-likeness (QED) is 0.150. The molecule has 2 nitrogen and oxygen atoms in total. The van der Waals surface area contributed by atoms with Crippen molar-refractivity contribution in [3.05, 3.63) is 235 Å². The van der Waals surface area contributed by atoms with E-state index in [0.29, 0.717) is 0 Å². The fourth-order valence-electron chi connectivity index (χ4n) is 7.27. The number of hydrogen-bond donors (Lipinski definition) is 0. The van der Waals surface area contributed by atoms with E-state index >= 15 is 0 Å². The zero-order valence-corrected chi connectivity index (χ0v) is 28.6. The second-order valence-corrected chi connectivity index (χ2v) is 12.9. The Hall–Kier alpha value is -6.90. The molecule has 0 radical (unpaired) electrons. The maximum atomic E-state index is 6.49. The first-order valence-electron chi connectivity index (χ1n) is 17.7. The molecule has 0 amide bonds. The van der Waals surface area contributed by atoms with Crippen molar-refractivity contribution in [1.29, 1.82) is 0 Å². The number of hydrogen-bond acceptors (Lipinski definition) is 2. The molecule has 9 aromatic rings. The molecule has 1 heterocycles. The molecule has 0 N–H and O–H groups in total. The monoisotopic (exact) mass is 665 g/mol. The third kappa shape index (κ3) is 5.87. The van der Waals surface area contributed by atoms with Crippen LogP contribution in [0.1, 0.15) is 22.3 Å². The molecular formula is C50H35NO. The van der Waals surface area contributed by atoms with Crippen molar-refractivity contribution >= 4 is 50.1 Å². The lowest BCUT2D eigenvalue weighted by Gasteiger charge is -2.25. The minimum Gasteiger partial charge on any atom is -0.454 e. The predicted octanol–water partition coefficient (Wildman–Crippen LogP) is 13.7. The summed E-state index contributed by atoms with van der Waals surface area (Å²) >= 11 is 0. The van der Waals surface area contributed by atoms with Crippen LogP contribution in [0.4, 0.5) is 17.1 Å². The highest BCUT2D eigenvalue weighted by atomic mass is 16.3. The summed E-state index contributed by atoms with van der Waals surface area (Å²) in [6, 6.07) is 75.1. The standard InChI is InChI=1S/C50H35NO/c1-5-16-38(17-6-1)48(39-18-7-2-8-19-39)49(40-20-9-3-10-21-40)41-30-28-36(29-31-41)37-32-34-43(35-33-37)51(42-22-11-4-12-23-42)46-26-15-25-45-44-24-13-14-27-47(44)52-50(45)46/h1-35H. The third-order valence-corrected chi connectivity index (χ3v) is 9.71. The Morgan fingerprint density at radius 1 is 0.327 bits per heavy atom. The third-order valence-electron chi connectivity index (χ3n) is 9.71. The molecule has 52 heavy (non-hydrogen) atoms. The Balaban J connectivity index is 1.12. The number of fused-ring (bicyclic) bond motifs is 3. The second kappa shape index (κ2) is 13.8. The Bertz CT molecular complexity index is 2580. The average molecular weight is 666 g/mol. The van der Waals surface area contributed by atoms with Crippen molar-refractivity contribution in [3.63, 3.8) is 0 Å². The van der Waals surface area contributed by atoms with Crippen LogP contribution in [0.15, 0.2) is 217 Å². The van der Waals surface area contributed by atoms with Crippen molar-refractivity contribution in [2.24, 2.45) is 0 Å². The van der Waals surface area contributed by atoms with Crippen LogP contribution >= 0.6 is 0 Å². The van der Waals surface area contributed by atoms with E-state index in [2.05, 4.69) is 205 Å². The van der Waals surface area contributed by atoms with Gasteiger partial charge >= 0.3 is 0 Å². The molecule has 0 saturated heterocycles. The Morgan fingerprint density at radius 3 is 1.31 bits per heavy atom. The van der Waals surface area contributed by atoms with E-state index in [0.717, 1.165) is 50.1 Å². The van der Waals surface area contributed by atoms with Crippen LogP contribution < -0.4 is 4.90 Å². The van der Waals surface area contributed by atoms with Gasteiger partial charge in [0.05, 0.1) is 5.69 Å². The maximum Gasteiger partial charge on any atom is 0.159 e. The highest BCUT2D eigenvalue weighted by molar-refractivity contribution is 6.10. The zero-order valence-electron chi connectivity index (χ0n) is 28.6. The summed E-state index contributed by atoms with van der Waals surface area (Å²) < 4.78 is 6.49.